The van der Waals surface area contributed by atoms with E-state index in [9.17, 15) is 5.11 Å². The first-order valence-corrected chi connectivity index (χ1v) is 4.24. The van der Waals surface area contributed by atoms with Crippen LogP contribution in [-0.4, -0.2) is 15.1 Å². The van der Waals surface area contributed by atoms with E-state index in [0.29, 0.717) is 5.92 Å². The van der Waals surface area contributed by atoms with Crippen LogP contribution in [0.15, 0.2) is 12.4 Å². The van der Waals surface area contributed by atoms with Crippen LogP contribution in [0.4, 0.5) is 0 Å². The SMILES string of the molecule is Cc1ncc(C(O)C2CC2)cn1. The molecule has 0 bridgehead atoms. The van der Waals surface area contributed by atoms with Crippen LogP contribution in [0.3, 0.4) is 0 Å². The van der Waals surface area contributed by atoms with Crippen molar-refractivity contribution in [1.29, 1.82) is 0 Å². The van der Waals surface area contributed by atoms with E-state index in [1.54, 1.807) is 12.4 Å². The summed E-state index contributed by atoms with van der Waals surface area (Å²) in [5.74, 6) is 1.21. The molecule has 2 rings (SSSR count). The molecule has 0 aliphatic heterocycles. The third-order valence-electron chi connectivity index (χ3n) is 2.21. The molecule has 1 aliphatic carbocycles. The predicted molar refractivity (Wildman–Crippen MR) is 44.5 cm³/mol. The highest BCUT2D eigenvalue weighted by molar-refractivity contribution is 5.11. The van der Waals surface area contributed by atoms with Gasteiger partial charge in [0.05, 0.1) is 6.10 Å². The molecular weight excluding hydrogens is 152 g/mol. The molecule has 1 heterocycles. The fourth-order valence-corrected chi connectivity index (χ4v) is 1.24. The zero-order valence-electron chi connectivity index (χ0n) is 7.07. The van der Waals surface area contributed by atoms with E-state index in [1.807, 2.05) is 6.92 Å². The van der Waals surface area contributed by atoms with E-state index < -0.39 is 0 Å². The molecule has 1 unspecified atom stereocenters. The second kappa shape index (κ2) is 2.83. The highest BCUT2D eigenvalue weighted by Gasteiger charge is 2.30. The number of aliphatic hydroxyl groups is 1. The molecule has 12 heavy (non-hydrogen) atoms. The van der Waals surface area contributed by atoms with Crippen molar-refractivity contribution in [3.05, 3.63) is 23.8 Å². The van der Waals surface area contributed by atoms with Gasteiger partial charge in [0.2, 0.25) is 0 Å². The molecule has 1 atom stereocenters. The van der Waals surface area contributed by atoms with Gasteiger partial charge in [0.1, 0.15) is 5.82 Å². The third-order valence-corrected chi connectivity index (χ3v) is 2.21. The lowest BCUT2D eigenvalue weighted by Crippen LogP contribution is -2.01. The molecule has 0 radical (unpaired) electrons. The molecule has 1 aliphatic rings. The number of aliphatic hydroxyl groups excluding tert-OH is 1. The summed E-state index contributed by atoms with van der Waals surface area (Å²) >= 11 is 0. The number of aromatic nitrogens is 2. The molecular formula is C9H12N2O. The highest BCUT2D eigenvalue weighted by Crippen LogP contribution is 2.40. The second-order valence-electron chi connectivity index (χ2n) is 3.35. The first-order chi connectivity index (χ1) is 5.77. The van der Waals surface area contributed by atoms with Crippen molar-refractivity contribution < 1.29 is 5.11 Å². The Bertz CT molecular complexity index is 266. The van der Waals surface area contributed by atoms with Crippen LogP contribution >= 0.6 is 0 Å². The normalized spacial score (nSPS) is 19.2. The maximum Gasteiger partial charge on any atom is 0.125 e. The van der Waals surface area contributed by atoms with Gasteiger partial charge in [0.15, 0.2) is 0 Å². The van der Waals surface area contributed by atoms with Gasteiger partial charge in [-0.3, -0.25) is 0 Å². The Balaban J connectivity index is 2.16. The smallest absolute Gasteiger partial charge is 0.125 e. The summed E-state index contributed by atoms with van der Waals surface area (Å²) in [6.07, 6.45) is 5.35. The largest absolute Gasteiger partial charge is 0.388 e. The Kier molecular flexibility index (Phi) is 1.81. The average molecular weight is 164 g/mol. The summed E-state index contributed by atoms with van der Waals surface area (Å²) in [5.41, 5.74) is 0.850. The Morgan fingerprint density at radius 1 is 1.42 bits per heavy atom. The standard InChI is InChI=1S/C9H12N2O/c1-6-10-4-8(5-11-6)9(12)7-2-3-7/h4-5,7,9,12H,2-3H2,1H3. The quantitative estimate of drug-likeness (QED) is 0.715. The van der Waals surface area contributed by atoms with Crippen molar-refractivity contribution in [3.63, 3.8) is 0 Å². The summed E-state index contributed by atoms with van der Waals surface area (Å²) < 4.78 is 0. The van der Waals surface area contributed by atoms with Crippen molar-refractivity contribution in [3.8, 4) is 0 Å². The average Bonchev–Trinajstić information content (AvgIpc) is 2.87. The fourth-order valence-electron chi connectivity index (χ4n) is 1.24. The predicted octanol–water partition coefficient (Wildman–Crippen LogP) is 1.23. The zero-order valence-corrected chi connectivity index (χ0v) is 7.07. The van der Waals surface area contributed by atoms with Crippen LogP contribution in [0.2, 0.25) is 0 Å². The van der Waals surface area contributed by atoms with Crippen molar-refractivity contribution in [2.24, 2.45) is 5.92 Å². The number of aryl methyl sites for hydroxylation is 1. The van der Waals surface area contributed by atoms with Gasteiger partial charge in [0.25, 0.3) is 0 Å². The van der Waals surface area contributed by atoms with Gasteiger partial charge in [-0.25, -0.2) is 9.97 Å². The van der Waals surface area contributed by atoms with Crippen LogP contribution in [-0.2, 0) is 0 Å². The maximum absolute atomic E-state index is 9.67. The summed E-state index contributed by atoms with van der Waals surface area (Å²) in [4.78, 5) is 8.08. The first-order valence-electron chi connectivity index (χ1n) is 4.24. The zero-order chi connectivity index (χ0) is 8.55. The van der Waals surface area contributed by atoms with Crippen LogP contribution in [0, 0.1) is 12.8 Å². The van der Waals surface area contributed by atoms with E-state index in [4.69, 9.17) is 0 Å². The topological polar surface area (TPSA) is 46.0 Å². The van der Waals surface area contributed by atoms with Gasteiger partial charge in [0, 0.05) is 18.0 Å². The molecule has 64 valence electrons. The Morgan fingerprint density at radius 2 is 2.00 bits per heavy atom. The summed E-state index contributed by atoms with van der Waals surface area (Å²) in [6, 6.07) is 0. The Labute approximate surface area is 71.5 Å². The third kappa shape index (κ3) is 1.46. The molecule has 0 spiro atoms. The number of nitrogens with zero attached hydrogens (tertiary/aromatic N) is 2. The van der Waals surface area contributed by atoms with E-state index >= 15 is 0 Å². The van der Waals surface area contributed by atoms with Gasteiger partial charge in [-0.15, -0.1) is 0 Å². The van der Waals surface area contributed by atoms with Crippen LogP contribution in [0.25, 0.3) is 0 Å². The molecule has 3 heteroatoms. The Morgan fingerprint density at radius 3 is 2.50 bits per heavy atom. The molecule has 0 saturated heterocycles. The molecule has 1 fully saturated rings. The minimum Gasteiger partial charge on any atom is -0.388 e. The van der Waals surface area contributed by atoms with Crippen LogP contribution in [0.5, 0.6) is 0 Å². The Hall–Kier alpha value is -0.960. The molecule has 1 N–H and O–H groups in total. The molecule has 0 aromatic carbocycles. The van der Waals surface area contributed by atoms with Gasteiger partial charge in [-0.05, 0) is 25.7 Å². The minimum atomic E-state index is -0.342. The summed E-state index contributed by atoms with van der Waals surface area (Å²) in [7, 11) is 0. The summed E-state index contributed by atoms with van der Waals surface area (Å²) in [5, 5.41) is 9.67. The number of hydrogen-bond donors (Lipinski definition) is 1. The summed E-state index contributed by atoms with van der Waals surface area (Å²) in [6.45, 7) is 1.84. The van der Waals surface area contributed by atoms with Crippen molar-refractivity contribution in [1.82, 2.24) is 9.97 Å². The maximum atomic E-state index is 9.67. The van der Waals surface area contributed by atoms with E-state index in [1.165, 1.54) is 0 Å². The van der Waals surface area contributed by atoms with E-state index in [-0.39, 0.29) is 6.10 Å². The first kappa shape index (κ1) is 7.68. The lowest BCUT2D eigenvalue weighted by molar-refractivity contribution is 0.153. The van der Waals surface area contributed by atoms with Crippen LogP contribution in [0.1, 0.15) is 30.3 Å². The minimum absolute atomic E-state index is 0.342. The van der Waals surface area contributed by atoms with Crippen LogP contribution < -0.4 is 0 Å². The number of hydrogen-bond acceptors (Lipinski definition) is 3. The second-order valence-corrected chi connectivity index (χ2v) is 3.35. The molecule has 1 aromatic heterocycles. The van der Waals surface area contributed by atoms with Gasteiger partial charge in [-0.2, -0.15) is 0 Å². The molecule has 1 saturated carbocycles. The molecule has 3 nitrogen and oxygen atoms in total. The van der Waals surface area contributed by atoms with Crippen molar-refractivity contribution >= 4 is 0 Å². The lowest BCUT2D eigenvalue weighted by atomic mass is 10.1. The van der Waals surface area contributed by atoms with E-state index in [2.05, 4.69) is 9.97 Å². The fraction of sp³-hybridized carbons (Fsp3) is 0.556. The van der Waals surface area contributed by atoms with Gasteiger partial charge < -0.3 is 5.11 Å². The molecule has 1 aromatic rings. The molecule has 0 amide bonds. The van der Waals surface area contributed by atoms with Gasteiger partial charge in [-0.1, -0.05) is 0 Å². The van der Waals surface area contributed by atoms with Crippen molar-refractivity contribution in [2.45, 2.75) is 25.9 Å². The van der Waals surface area contributed by atoms with Gasteiger partial charge >= 0.3 is 0 Å². The van der Waals surface area contributed by atoms with Crippen molar-refractivity contribution in [2.75, 3.05) is 0 Å². The highest BCUT2D eigenvalue weighted by atomic mass is 16.3. The van der Waals surface area contributed by atoms with E-state index in [0.717, 1.165) is 24.2 Å². The monoisotopic (exact) mass is 164 g/mol. The number of rotatable bonds is 2. The lowest BCUT2D eigenvalue weighted by Gasteiger charge is -2.07.